The van der Waals surface area contributed by atoms with Gasteiger partial charge < -0.3 is 9.47 Å². The van der Waals surface area contributed by atoms with Crippen molar-refractivity contribution >= 4 is 29.2 Å². The summed E-state index contributed by atoms with van der Waals surface area (Å²) in [6.45, 7) is 7.16. The molecule has 5 heterocycles. The standard InChI is InChI=1S/C24H27F2N6O3/c1-23(2,3)35-22(33)32-12-15(13-32)20-19-18(28-14-30(32)5)10-11-27-21(19)31(29-20)16-6-8-17(9-7-16)34-24(4,25)26/h6-11,14-15H,12-13H2,1-5H3/q+1. The zero-order chi connectivity index (χ0) is 25.2. The molecule has 2 bridgehead atoms. The number of pyridine rings is 1. The first-order chi connectivity index (χ1) is 16.4. The molecule has 0 atom stereocenters. The minimum absolute atomic E-state index is 0.0154. The maximum atomic E-state index is 13.2. The van der Waals surface area contributed by atoms with E-state index in [-0.39, 0.29) is 22.4 Å². The van der Waals surface area contributed by atoms with E-state index in [9.17, 15) is 13.6 Å². The van der Waals surface area contributed by atoms with E-state index in [0.717, 1.165) is 11.1 Å². The van der Waals surface area contributed by atoms with E-state index in [4.69, 9.17) is 9.84 Å². The van der Waals surface area contributed by atoms with Crippen molar-refractivity contribution in [2.24, 2.45) is 4.99 Å². The highest BCUT2D eigenvalue weighted by Crippen LogP contribution is 2.43. The third-order valence-corrected chi connectivity index (χ3v) is 6.08. The molecule has 0 aliphatic carbocycles. The Kier molecular flexibility index (Phi) is 5.10. The Balaban J connectivity index is 1.56. The summed E-state index contributed by atoms with van der Waals surface area (Å²) in [5.74, 6) is 0.0202. The SMILES string of the molecule is CN1C=Nc2ccnc3c2c(nn3-c2ccc(OC(C)(F)F)cc2)C2C[N+]1(C(=O)OC(C)(C)C)C2. The van der Waals surface area contributed by atoms with Crippen LogP contribution in [0.15, 0.2) is 41.5 Å². The molecule has 6 rings (SSSR count). The van der Waals surface area contributed by atoms with Gasteiger partial charge in [-0.15, -0.1) is 4.59 Å². The summed E-state index contributed by atoms with van der Waals surface area (Å²) < 4.78 is 38.4. The second-order valence-electron chi connectivity index (χ2n) is 10.0. The second-order valence-corrected chi connectivity index (χ2v) is 10.0. The number of carbonyl (C=O) groups is 1. The van der Waals surface area contributed by atoms with Crippen molar-refractivity contribution in [3.63, 3.8) is 0 Å². The number of aromatic nitrogens is 3. The molecule has 3 aromatic rings. The number of benzene rings is 1. The van der Waals surface area contributed by atoms with Gasteiger partial charge in [0.05, 0.1) is 29.5 Å². The van der Waals surface area contributed by atoms with Crippen molar-refractivity contribution in [1.29, 1.82) is 0 Å². The highest BCUT2D eigenvalue weighted by molar-refractivity contribution is 5.93. The van der Waals surface area contributed by atoms with Crippen LogP contribution in [0.2, 0.25) is 0 Å². The van der Waals surface area contributed by atoms with Crippen molar-refractivity contribution < 1.29 is 27.6 Å². The fraction of sp³-hybridized carbons (Fsp3) is 0.417. The van der Waals surface area contributed by atoms with E-state index in [1.54, 1.807) is 40.4 Å². The van der Waals surface area contributed by atoms with Gasteiger partial charge in [0.25, 0.3) is 0 Å². The van der Waals surface area contributed by atoms with Gasteiger partial charge in [0.2, 0.25) is 0 Å². The number of hydrogen-bond acceptors (Lipinski definition) is 7. The molecular formula is C24H27F2N6O3+. The first-order valence-electron chi connectivity index (χ1n) is 11.3. The quantitative estimate of drug-likeness (QED) is 0.497. The van der Waals surface area contributed by atoms with E-state index in [1.807, 2.05) is 27.8 Å². The molecule has 184 valence electrons. The van der Waals surface area contributed by atoms with Gasteiger partial charge in [0, 0.05) is 13.1 Å². The average molecular weight is 486 g/mol. The van der Waals surface area contributed by atoms with Crippen LogP contribution in [-0.2, 0) is 4.74 Å². The van der Waals surface area contributed by atoms with Crippen molar-refractivity contribution in [3.05, 3.63) is 42.2 Å². The third kappa shape index (κ3) is 4.09. The number of nitrogens with zero attached hydrogens (tertiary/aromatic N) is 6. The number of hydrogen-bond donors (Lipinski definition) is 0. The summed E-state index contributed by atoms with van der Waals surface area (Å²) in [6.07, 6.45) is -0.331. The van der Waals surface area contributed by atoms with Gasteiger partial charge in [-0.1, -0.05) is 0 Å². The number of rotatable bonds is 3. The van der Waals surface area contributed by atoms with E-state index < -0.39 is 11.7 Å². The molecule has 35 heavy (non-hydrogen) atoms. The Hall–Kier alpha value is -3.60. The summed E-state index contributed by atoms with van der Waals surface area (Å²) in [6, 6.07) is 8.03. The van der Waals surface area contributed by atoms with Gasteiger partial charge in [-0.25, -0.2) is 19.7 Å². The van der Waals surface area contributed by atoms with Crippen molar-refractivity contribution in [2.45, 2.75) is 45.3 Å². The molecule has 11 heteroatoms. The molecule has 0 N–H and O–H groups in total. The Morgan fingerprint density at radius 1 is 1.11 bits per heavy atom. The zero-order valence-electron chi connectivity index (χ0n) is 20.2. The molecule has 9 nitrogen and oxygen atoms in total. The van der Waals surface area contributed by atoms with Crippen molar-refractivity contribution in [2.75, 3.05) is 20.1 Å². The molecule has 0 radical (unpaired) electrons. The monoisotopic (exact) mass is 485 g/mol. The number of aliphatic imine (C=N–C) groups is 1. The predicted molar refractivity (Wildman–Crippen MR) is 125 cm³/mol. The van der Waals surface area contributed by atoms with Crippen LogP contribution in [0.3, 0.4) is 0 Å². The molecule has 1 saturated heterocycles. The Morgan fingerprint density at radius 2 is 1.80 bits per heavy atom. The molecule has 3 aliphatic heterocycles. The number of ether oxygens (including phenoxy) is 2. The fourth-order valence-corrected chi connectivity index (χ4v) is 4.46. The number of halogens is 2. The number of amides is 1. The highest BCUT2D eigenvalue weighted by Gasteiger charge is 2.58. The van der Waals surface area contributed by atoms with Crippen molar-refractivity contribution in [3.8, 4) is 11.4 Å². The summed E-state index contributed by atoms with van der Waals surface area (Å²) in [7, 11) is 1.81. The third-order valence-electron chi connectivity index (χ3n) is 6.08. The van der Waals surface area contributed by atoms with Crippen LogP contribution in [0.4, 0.5) is 19.3 Å². The topological polar surface area (TPSA) is 81.8 Å². The molecule has 3 aliphatic rings. The molecular weight excluding hydrogens is 458 g/mol. The van der Waals surface area contributed by atoms with E-state index in [2.05, 4.69) is 14.7 Å². The van der Waals surface area contributed by atoms with Crippen LogP contribution in [0.1, 0.15) is 39.3 Å². The Labute approximate surface area is 201 Å². The van der Waals surface area contributed by atoms with Crippen LogP contribution in [0.5, 0.6) is 5.75 Å². The predicted octanol–water partition coefficient (Wildman–Crippen LogP) is 4.78. The summed E-state index contributed by atoms with van der Waals surface area (Å²) in [4.78, 5) is 22.4. The number of quaternary nitrogens is 1. The molecule has 1 amide bonds. The maximum absolute atomic E-state index is 13.2. The zero-order valence-corrected chi connectivity index (χ0v) is 20.2. The van der Waals surface area contributed by atoms with Gasteiger partial charge >= 0.3 is 12.2 Å². The lowest BCUT2D eigenvalue weighted by Gasteiger charge is -2.49. The first kappa shape index (κ1) is 23.2. The lowest BCUT2D eigenvalue weighted by atomic mass is 9.93. The normalized spacial score (nSPS) is 21.7. The second kappa shape index (κ2) is 7.70. The van der Waals surface area contributed by atoms with Gasteiger partial charge in [-0.05, 0) is 51.1 Å². The number of alkyl halides is 2. The smallest absolute Gasteiger partial charge is 0.433 e. The fourth-order valence-electron chi connectivity index (χ4n) is 4.46. The Bertz CT molecular complexity index is 1320. The van der Waals surface area contributed by atoms with Crippen molar-refractivity contribution in [1.82, 2.24) is 19.8 Å². The summed E-state index contributed by atoms with van der Waals surface area (Å²) in [5, 5.41) is 7.43. The van der Waals surface area contributed by atoms with E-state index >= 15 is 0 Å². The first-order valence-corrected chi connectivity index (χ1v) is 11.3. The lowest BCUT2D eigenvalue weighted by molar-refractivity contribution is -0.990. The minimum Gasteiger partial charge on any atom is -0.433 e. The lowest BCUT2D eigenvalue weighted by Crippen LogP contribution is -2.72. The molecule has 2 aromatic heterocycles. The van der Waals surface area contributed by atoms with Crippen LogP contribution in [0, 0.1) is 0 Å². The molecule has 0 unspecified atom stereocenters. The van der Waals surface area contributed by atoms with Gasteiger partial charge in [-0.2, -0.15) is 18.7 Å². The molecule has 1 aromatic carbocycles. The molecule has 1 fully saturated rings. The maximum Gasteiger partial charge on any atom is 0.542 e. The van der Waals surface area contributed by atoms with Crippen LogP contribution >= 0.6 is 0 Å². The summed E-state index contributed by atoms with van der Waals surface area (Å²) in [5.41, 5.74) is 2.09. The number of carbonyl (C=O) groups excluding carboxylic acids is 1. The largest absolute Gasteiger partial charge is 0.542 e. The van der Waals surface area contributed by atoms with E-state index in [0.29, 0.717) is 37.0 Å². The average Bonchev–Trinajstić information content (AvgIpc) is 3.12. The summed E-state index contributed by atoms with van der Waals surface area (Å²) >= 11 is 0. The minimum atomic E-state index is -3.27. The van der Waals surface area contributed by atoms with Gasteiger partial charge in [0.15, 0.2) is 5.65 Å². The van der Waals surface area contributed by atoms with Gasteiger partial charge in [0.1, 0.15) is 36.7 Å². The van der Waals surface area contributed by atoms with Crippen LogP contribution in [0.25, 0.3) is 16.7 Å². The molecule has 0 spiro atoms. The molecule has 0 saturated carbocycles. The van der Waals surface area contributed by atoms with Crippen LogP contribution < -0.4 is 4.74 Å². The van der Waals surface area contributed by atoms with Crippen LogP contribution in [-0.4, -0.2) is 68.6 Å². The number of fused-ring (bicyclic) bond motifs is 1. The Morgan fingerprint density at radius 3 is 2.43 bits per heavy atom. The highest BCUT2D eigenvalue weighted by atomic mass is 19.3. The van der Waals surface area contributed by atoms with Gasteiger partial charge in [-0.3, -0.25) is 0 Å². The van der Waals surface area contributed by atoms with E-state index in [1.165, 1.54) is 12.1 Å².